The van der Waals surface area contributed by atoms with Gasteiger partial charge in [-0.15, -0.1) is 0 Å². The summed E-state index contributed by atoms with van der Waals surface area (Å²) in [6.07, 6.45) is 0. The number of anilines is 1. The van der Waals surface area contributed by atoms with E-state index < -0.39 is 21.9 Å². The van der Waals surface area contributed by atoms with Crippen LogP contribution < -0.4 is 5.32 Å². The number of carbonyl (C=O) groups is 2. The van der Waals surface area contributed by atoms with E-state index in [1.807, 2.05) is 38.1 Å². The fraction of sp³-hybridized carbons (Fsp3) is 0.231. The van der Waals surface area contributed by atoms with Crippen molar-refractivity contribution in [2.45, 2.75) is 32.2 Å². The van der Waals surface area contributed by atoms with Gasteiger partial charge in [-0.1, -0.05) is 47.5 Å². The number of hydrogen-bond acceptors (Lipinski definition) is 5. The molecule has 0 aliphatic heterocycles. The number of sulfonamides is 1. The topological polar surface area (TPSA) is 92.8 Å². The minimum Gasteiger partial charge on any atom is -0.462 e. The van der Waals surface area contributed by atoms with E-state index in [0.29, 0.717) is 11.3 Å². The van der Waals surface area contributed by atoms with Crippen molar-refractivity contribution < 1.29 is 22.7 Å². The fourth-order valence-electron chi connectivity index (χ4n) is 3.36. The molecule has 0 bridgehead atoms. The summed E-state index contributed by atoms with van der Waals surface area (Å²) in [6.45, 7) is 5.47. The minimum atomic E-state index is -3.93. The molecule has 0 aromatic heterocycles. The van der Waals surface area contributed by atoms with Crippen molar-refractivity contribution in [1.29, 1.82) is 0 Å². The summed E-state index contributed by atoms with van der Waals surface area (Å²) in [5.74, 6) is -0.943. The van der Waals surface area contributed by atoms with E-state index in [1.165, 1.54) is 0 Å². The zero-order valence-electron chi connectivity index (χ0n) is 19.4. The largest absolute Gasteiger partial charge is 0.462 e. The third-order valence-corrected chi connectivity index (χ3v) is 6.91. The molecule has 7 nitrogen and oxygen atoms in total. The molecule has 0 heterocycles. The van der Waals surface area contributed by atoms with Gasteiger partial charge in [-0.05, 0) is 62.7 Å². The Kier molecular flexibility index (Phi) is 8.20. The molecule has 1 amide bonds. The zero-order chi connectivity index (χ0) is 24.7. The van der Waals surface area contributed by atoms with Crippen LogP contribution in [0.5, 0.6) is 0 Å². The van der Waals surface area contributed by atoms with E-state index in [9.17, 15) is 18.0 Å². The monoisotopic (exact) mass is 480 g/mol. The van der Waals surface area contributed by atoms with Crippen LogP contribution in [0.4, 0.5) is 5.69 Å². The number of amides is 1. The lowest BCUT2D eigenvalue weighted by atomic mass is 10.1. The highest BCUT2D eigenvalue weighted by Gasteiger charge is 2.27. The highest BCUT2D eigenvalue weighted by molar-refractivity contribution is 7.89. The first-order chi connectivity index (χ1) is 16.2. The summed E-state index contributed by atoms with van der Waals surface area (Å²) in [7, 11) is -3.93. The van der Waals surface area contributed by atoms with Crippen LogP contribution in [0.25, 0.3) is 0 Å². The zero-order valence-corrected chi connectivity index (χ0v) is 20.3. The van der Waals surface area contributed by atoms with Gasteiger partial charge in [0.1, 0.15) is 0 Å². The van der Waals surface area contributed by atoms with E-state index in [1.54, 1.807) is 55.5 Å². The van der Waals surface area contributed by atoms with Crippen molar-refractivity contribution in [3.63, 3.8) is 0 Å². The predicted octanol–water partition coefficient (Wildman–Crippen LogP) is 4.31. The van der Waals surface area contributed by atoms with E-state index in [4.69, 9.17) is 4.74 Å². The lowest BCUT2D eigenvalue weighted by Crippen LogP contribution is -2.37. The molecule has 3 aromatic carbocycles. The second-order valence-corrected chi connectivity index (χ2v) is 9.86. The normalized spacial score (nSPS) is 11.3. The Morgan fingerprint density at radius 3 is 2.21 bits per heavy atom. The highest BCUT2D eigenvalue weighted by Crippen LogP contribution is 2.20. The van der Waals surface area contributed by atoms with Gasteiger partial charge in [0.2, 0.25) is 15.9 Å². The van der Waals surface area contributed by atoms with Crippen LogP contribution in [0.3, 0.4) is 0 Å². The second-order valence-electron chi connectivity index (χ2n) is 7.92. The van der Waals surface area contributed by atoms with Crippen molar-refractivity contribution in [3.8, 4) is 0 Å². The molecule has 0 aliphatic carbocycles. The Morgan fingerprint density at radius 1 is 0.912 bits per heavy atom. The van der Waals surface area contributed by atoms with E-state index >= 15 is 0 Å². The van der Waals surface area contributed by atoms with Crippen molar-refractivity contribution in [2.24, 2.45) is 0 Å². The summed E-state index contributed by atoms with van der Waals surface area (Å²) >= 11 is 0. The molecule has 0 aliphatic rings. The Hall–Kier alpha value is -3.49. The third-order valence-electron chi connectivity index (χ3n) is 5.10. The van der Waals surface area contributed by atoms with Crippen molar-refractivity contribution in [3.05, 3.63) is 95.1 Å². The maximum absolute atomic E-state index is 13.4. The van der Waals surface area contributed by atoms with E-state index in [2.05, 4.69) is 5.32 Å². The third kappa shape index (κ3) is 6.52. The van der Waals surface area contributed by atoms with Gasteiger partial charge in [0, 0.05) is 12.2 Å². The first-order valence-electron chi connectivity index (χ1n) is 10.9. The number of rotatable bonds is 9. The number of hydrogen-bond donors (Lipinski definition) is 1. The molecule has 0 radical (unpaired) electrons. The molecule has 34 heavy (non-hydrogen) atoms. The Balaban J connectivity index is 1.81. The van der Waals surface area contributed by atoms with Gasteiger partial charge >= 0.3 is 5.97 Å². The van der Waals surface area contributed by atoms with Crippen LogP contribution in [-0.2, 0) is 26.1 Å². The lowest BCUT2D eigenvalue weighted by Gasteiger charge is -2.22. The average Bonchev–Trinajstić information content (AvgIpc) is 2.79. The van der Waals surface area contributed by atoms with Gasteiger partial charge in [-0.2, -0.15) is 4.31 Å². The Labute approximate surface area is 200 Å². The molecule has 0 atom stereocenters. The number of nitrogens with zero attached hydrogens (tertiary/aromatic N) is 1. The van der Waals surface area contributed by atoms with Crippen LogP contribution in [0.2, 0.25) is 0 Å². The average molecular weight is 481 g/mol. The number of ether oxygens (including phenoxy) is 1. The molecular formula is C26H28N2O5S. The molecule has 1 N–H and O–H groups in total. The van der Waals surface area contributed by atoms with Gasteiger partial charge in [-0.3, -0.25) is 4.79 Å². The number of nitrogens with one attached hydrogen (secondary N) is 1. The molecule has 0 fully saturated rings. The molecule has 3 rings (SSSR count). The number of aryl methyl sites for hydroxylation is 2. The summed E-state index contributed by atoms with van der Waals surface area (Å²) in [6, 6.07) is 20.3. The first-order valence-corrected chi connectivity index (χ1v) is 12.3. The quantitative estimate of drug-likeness (QED) is 0.461. The number of carbonyl (C=O) groups excluding carboxylic acids is 2. The van der Waals surface area contributed by atoms with Gasteiger partial charge in [-0.25, -0.2) is 13.2 Å². The highest BCUT2D eigenvalue weighted by atomic mass is 32.2. The first kappa shape index (κ1) is 25.1. The molecule has 0 spiro atoms. The SMILES string of the molecule is CCOC(=O)c1ccc(NC(=O)CN(Cc2cccc(C)c2)S(=O)(=O)c2ccc(C)cc2)cc1. The number of esters is 1. The molecule has 8 heteroatoms. The van der Waals surface area contributed by atoms with Gasteiger partial charge in [0.25, 0.3) is 0 Å². The molecule has 178 valence electrons. The van der Waals surface area contributed by atoms with Gasteiger partial charge < -0.3 is 10.1 Å². The van der Waals surface area contributed by atoms with E-state index in [0.717, 1.165) is 21.0 Å². The van der Waals surface area contributed by atoms with Gasteiger partial charge in [0.05, 0.1) is 23.6 Å². The standard InChI is InChI=1S/C26H28N2O5S/c1-4-33-26(30)22-10-12-23(13-11-22)27-25(29)18-28(17-21-7-5-6-20(3)16-21)34(31,32)24-14-8-19(2)9-15-24/h5-16H,4,17-18H2,1-3H3,(H,27,29). The molecular weight excluding hydrogens is 452 g/mol. The summed E-state index contributed by atoms with van der Waals surface area (Å²) in [5, 5.41) is 2.70. The Bertz CT molecular complexity index is 1250. The number of benzene rings is 3. The summed E-state index contributed by atoms with van der Waals surface area (Å²) in [4.78, 5) is 24.8. The van der Waals surface area contributed by atoms with Crippen LogP contribution >= 0.6 is 0 Å². The molecule has 0 saturated heterocycles. The van der Waals surface area contributed by atoms with Crippen LogP contribution in [-0.4, -0.2) is 37.8 Å². The van der Waals surface area contributed by atoms with Crippen LogP contribution in [0.1, 0.15) is 34.0 Å². The smallest absolute Gasteiger partial charge is 0.338 e. The minimum absolute atomic E-state index is 0.0487. The maximum atomic E-state index is 13.4. The predicted molar refractivity (Wildman–Crippen MR) is 131 cm³/mol. The summed E-state index contributed by atoms with van der Waals surface area (Å²) < 4.78 is 32.9. The van der Waals surface area contributed by atoms with Crippen molar-refractivity contribution >= 4 is 27.6 Å². The fourth-order valence-corrected chi connectivity index (χ4v) is 4.75. The summed E-state index contributed by atoms with van der Waals surface area (Å²) in [5.41, 5.74) is 3.52. The maximum Gasteiger partial charge on any atom is 0.338 e. The van der Waals surface area contributed by atoms with Crippen LogP contribution in [0, 0.1) is 13.8 Å². The molecule has 3 aromatic rings. The van der Waals surface area contributed by atoms with Crippen molar-refractivity contribution in [2.75, 3.05) is 18.5 Å². The van der Waals surface area contributed by atoms with Gasteiger partial charge in [0.15, 0.2) is 0 Å². The van der Waals surface area contributed by atoms with Crippen LogP contribution in [0.15, 0.2) is 77.7 Å². The molecule has 0 saturated carbocycles. The second kappa shape index (κ2) is 11.1. The van der Waals surface area contributed by atoms with E-state index in [-0.39, 0.29) is 24.6 Å². The molecule has 0 unspecified atom stereocenters. The van der Waals surface area contributed by atoms with Crippen molar-refractivity contribution in [1.82, 2.24) is 4.31 Å². The Morgan fingerprint density at radius 2 is 1.59 bits per heavy atom. The lowest BCUT2D eigenvalue weighted by molar-refractivity contribution is -0.116.